The van der Waals surface area contributed by atoms with E-state index in [4.69, 9.17) is 4.65 Å². The van der Waals surface area contributed by atoms with Crippen molar-refractivity contribution in [1.29, 1.82) is 0 Å². The van der Waals surface area contributed by atoms with E-state index >= 15 is 0 Å². The lowest BCUT2D eigenvalue weighted by molar-refractivity contribution is -0.0893. The predicted octanol–water partition coefficient (Wildman–Crippen LogP) is 3.07. The normalized spacial score (nSPS) is 13.4. The number of rotatable bonds is 9. The van der Waals surface area contributed by atoms with Crippen LogP contribution in [0.5, 0.6) is 0 Å². The summed E-state index contributed by atoms with van der Waals surface area (Å²) >= 11 is 0. The van der Waals surface area contributed by atoms with Crippen LogP contribution < -0.4 is 15.7 Å². The van der Waals surface area contributed by atoms with E-state index in [1.165, 1.54) is 6.20 Å². The van der Waals surface area contributed by atoms with E-state index in [9.17, 15) is 9.50 Å². The molecular weight excluding hydrogens is 370 g/mol. The maximum atomic E-state index is 12.1. The maximum absolute atomic E-state index is 12.1. The predicted molar refractivity (Wildman–Crippen MR) is 117 cm³/mol. The molecule has 2 heterocycles. The molecule has 8 heteroatoms. The van der Waals surface area contributed by atoms with Gasteiger partial charge >= 0.3 is 7.48 Å². The van der Waals surface area contributed by atoms with Crippen molar-refractivity contribution in [2.45, 2.75) is 51.9 Å². The molecule has 29 heavy (non-hydrogen) atoms. The second-order valence-electron chi connectivity index (χ2n) is 8.08. The van der Waals surface area contributed by atoms with Crippen molar-refractivity contribution in [3.05, 3.63) is 54.8 Å². The highest BCUT2D eigenvalue weighted by molar-refractivity contribution is 6.46. The van der Waals surface area contributed by atoms with Crippen LogP contribution in [0.3, 0.4) is 0 Å². The number of pyridine rings is 2. The van der Waals surface area contributed by atoms with Crippen LogP contribution in [0.2, 0.25) is 0 Å². The average molecular weight is 400 g/mol. The largest absolute Gasteiger partial charge is 0.427 e. The molecule has 0 saturated heterocycles. The Morgan fingerprint density at radius 2 is 1.90 bits per heavy atom. The minimum atomic E-state index is -0.947. The molecule has 2 aromatic rings. The molecule has 1 atom stereocenters. The second kappa shape index (κ2) is 9.37. The highest BCUT2D eigenvalue weighted by atomic mass is 19.1. The standard InChI is InChI=1S/C21H30BFN4O2/c1-15(16-7-9-18(25-13-16)24-12-11-23)27(6)19-10-8-17(14-26-19)22-29-21(4,5)20(2,3)28/h7-15,22,28H,1-6H3,(H,24,25)/b12-11+/t15-/m0/s1. The number of nitrogens with zero attached hydrogens (tertiary/aromatic N) is 3. The molecule has 0 amide bonds. The molecule has 0 aliphatic carbocycles. The number of halogens is 1. The van der Waals surface area contributed by atoms with Crippen molar-refractivity contribution in [2.24, 2.45) is 0 Å². The summed E-state index contributed by atoms with van der Waals surface area (Å²) in [5, 5.41) is 12.9. The first-order chi connectivity index (χ1) is 13.5. The van der Waals surface area contributed by atoms with Crippen LogP contribution in [0, 0.1) is 0 Å². The smallest absolute Gasteiger partial charge is 0.311 e. The molecule has 0 aliphatic rings. The Bertz CT molecular complexity index is 805. The van der Waals surface area contributed by atoms with E-state index in [0.717, 1.165) is 16.8 Å². The van der Waals surface area contributed by atoms with E-state index in [1.54, 1.807) is 32.3 Å². The lowest BCUT2D eigenvalue weighted by atomic mass is 9.83. The monoisotopic (exact) mass is 400 g/mol. The van der Waals surface area contributed by atoms with Crippen LogP contribution in [-0.2, 0) is 4.65 Å². The Balaban J connectivity index is 2.01. The van der Waals surface area contributed by atoms with Gasteiger partial charge in [0.15, 0.2) is 0 Å². The first kappa shape index (κ1) is 22.8. The summed E-state index contributed by atoms with van der Waals surface area (Å²) in [5.74, 6) is 1.40. The first-order valence-corrected chi connectivity index (χ1v) is 9.57. The molecule has 0 aromatic carbocycles. The van der Waals surface area contributed by atoms with Crippen LogP contribution in [0.15, 0.2) is 49.2 Å². The van der Waals surface area contributed by atoms with E-state index in [1.807, 2.05) is 39.1 Å². The Kier molecular flexibility index (Phi) is 7.38. The van der Waals surface area contributed by atoms with Crippen LogP contribution in [0.25, 0.3) is 0 Å². The van der Waals surface area contributed by atoms with Crippen molar-refractivity contribution >= 4 is 24.6 Å². The van der Waals surface area contributed by atoms with E-state index < -0.39 is 11.2 Å². The molecule has 0 saturated carbocycles. The molecule has 0 radical (unpaired) electrons. The van der Waals surface area contributed by atoms with Crippen LogP contribution in [0.4, 0.5) is 16.0 Å². The zero-order chi connectivity index (χ0) is 21.7. The lowest BCUT2D eigenvalue weighted by Gasteiger charge is -2.37. The highest BCUT2D eigenvalue weighted by Gasteiger charge is 2.35. The summed E-state index contributed by atoms with van der Waals surface area (Å²) < 4.78 is 18.0. The second-order valence-corrected chi connectivity index (χ2v) is 8.08. The van der Waals surface area contributed by atoms with Crippen molar-refractivity contribution in [3.63, 3.8) is 0 Å². The fourth-order valence-electron chi connectivity index (χ4n) is 2.43. The van der Waals surface area contributed by atoms with Gasteiger partial charge in [-0.05, 0) is 57.8 Å². The Hall–Kier alpha value is -2.45. The fourth-order valence-corrected chi connectivity index (χ4v) is 2.43. The summed E-state index contributed by atoms with van der Waals surface area (Å²) in [4.78, 5) is 10.9. The van der Waals surface area contributed by atoms with Crippen LogP contribution in [0.1, 0.15) is 46.2 Å². The van der Waals surface area contributed by atoms with Gasteiger partial charge in [0.25, 0.3) is 0 Å². The van der Waals surface area contributed by atoms with Gasteiger partial charge in [-0.25, -0.2) is 14.4 Å². The Morgan fingerprint density at radius 3 is 2.41 bits per heavy atom. The summed E-state index contributed by atoms with van der Waals surface area (Å²) in [7, 11) is 2.34. The first-order valence-electron chi connectivity index (χ1n) is 9.57. The zero-order valence-electron chi connectivity index (χ0n) is 18.0. The Labute approximate surface area is 173 Å². The molecule has 0 aliphatic heterocycles. The summed E-state index contributed by atoms with van der Waals surface area (Å²) in [5.41, 5.74) is 0.330. The van der Waals surface area contributed by atoms with E-state index in [0.29, 0.717) is 19.6 Å². The fraction of sp³-hybridized carbons (Fsp3) is 0.429. The zero-order valence-corrected chi connectivity index (χ0v) is 18.0. The van der Waals surface area contributed by atoms with Gasteiger partial charge in [0, 0.05) is 25.6 Å². The summed E-state index contributed by atoms with van der Waals surface area (Å²) in [6.07, 6.45) is 5.16. The Morgan fingerprint density at radius 1 is 1.17 bits per heavy atom. The molecule has 2 aromatic heterocycles. The van der Waals surface area contributed by atoms with Crippen molar-refractivity contribution < 1.29 is 14.2 Å². The minimum Gasteiger partial charge on any atom is -0.427 e. The van der Waals surface area contributed by atoms with Gasteiger partial charge in [-0.3, -0.25) is 0 Å². The van der Waals surface area contributed by atoms with Gasteiger partial charge in [-0.15, -0.1) is 0 Å². The topological polar surface area (TPSA) is 70.5 Å². The van der Waals surface area contributed by atoms with Crippen molar-refractivity contribution in [1.82, 2.24) is 9.97 Å². The molecule has 0 fully saturated rings. The average Bonchev–Trinajstić information content (AvgIpc) is 2.69. The van der Waals surface area contributed by atoms with Gasteiger partial charge in [0.05, 0.1) is 17.2 Å². The van der Waals surface area contributed by atoms with Gasteiger partial charge in [0.2, 0.25) is 0 Å². The molecule has 0 bridgehead atoms. The molecule has 156 valence electrons. The van der Waals surface area contributed by atoms with Gasteiger partial charge in [0.1, 0.15) is 18.0 Å². The molecule has 2 N–H and O–H groups in total. The summed E-state index contributed by atoms with van der Waals surface area (Å²) in [6, 6.07) is 7.72. The molecular formula is C21H30BFN4O2. The van der Waals surface area contributed by atoms with Gasteiger partial charge < -0.3 is 20.0 Å². The van der Waals surface area contributed by atoms with E-state index in [-0.39, 0.29) is 6.04 Å². The minimum absolute atomic E-state index is 0.0528. The number of hydrogen-bond donors (Lipinski definition) is 2. The van der Waals surface area contributed by atoms with Crippen LogP contribution >= 0.6 is 0 Å². The molecule has 6 nitrogen and oxygen atoms in total. The third kappa shape index (κ3) is 6.01. The number of nitrogens with one attached hydrogen (secondary N) is 1. The number of anilines is 2. The lowest BCUT2D eigenvalue weighted by Crippen LogP contribution is -2.49. The highest BCUT2D eigenvalue weighted by Crippen LogP contribution is 2.25. The third-order valence-electron chi connectivity index (χ3n) is 5.39. The molecule has 2 rings (SSSR count). The van der Waals surface area contributed by atoms with Crippen LogP contribution in [-0.4, -0.2) is 40.8 Å². The third-order valence-corrected chi connectivity index (χ3v) is 5.39. The molecule has 0 unspecified atom stereocenters. The van der Waals surface area contributed by atoms with Crippen molar-refractivity contribution in [3.8, 4) is 0 Å². The number of hydrogen-bond acceptors (Lipinski definition) is 6. The van der Waals surface area contributed by atoms with Gasteiger partial charge in [-0.1, -0.05) is 12.1 Å². The SMILES string of the molecule is C[C@@H](c1ccc(N/C=C/F)nc1)N(C)c1ccc(BOC(C)(C)C(C)(C)O)cn1. The van der Waals surface area contributed by atoms with Gasteiger partial charge in [-0.2, -0.15) is 0 Å². The van der Waals surface area contributed by atoms with Crippen molar-refractivity contribution in [2.75, 3.05) is 17.3 Å². The summed E-state index contributed by atoms with van der Waals surface area (Å²) in [6.45, 7) is 9.27. The number of aliphatic hydroxyl groups is 1. The quantitative estimate of drug-likeness (QED) is 0.631. The molecule has 0 spiro atoms. The maximum Gasteiger partial charge on any atom is 0.311 e. The number of aromatic nitrogens is 2. The van der Waals surface area contributed by atoms with E-state index in [2.05, 4.69) is 27.1 Å².